The maximum Gasteiger partial charge on any atom is 0.0295 e. The van der Waals surface area contributed by atoms with E-state index < -0.39 is 0 Å². The van der Waals surface area contributed by atoms with Gasteiger partial charge in [-0.1, -0.05) is 42.5 Å². The molecule has 0 aromatic heterocycles. The molecule has 2 aromatic carbocycles. The Hall–Kier alpha value is -1.27. The van der Waals surface area contributed by atoms with Gasteiger partial charge in [-0.05, 0) is 55.0 Å². The molecular formula is C18H21Cl. The molecule has 1 heteroatoms. The molecule has 0 aliphatic heterocycles. The van der Waals surface area contributed by atoms with Crippen LogP contribution in [0.3, 0.4) is 0 Å². The fourth-order valence-corrected chi connectivity index (χ4v) is 2.78. The molecule has 0 amide bonds. The van der Waals surface area contributed by atoms with E-state index in [1.165, 1.54) is 27.8 Å². The van der Waals surface area contributed by atoms with Gasteiger partial charge in [0.25, 0.3) is 0 Å². The number of hydrogen-bond donors (Lipinski definition) is 0. The minimum absolute atomic E-state index is 0.393. The van der Waals surface area contributed by atoms with Crippen molar-refractivity contribution in [3.05, 3.63) is 70.3 Å². The number of aryl methyl sites for hydroxylation is 3. The Morgan fingerprint density at radius 2 is 1.63 bits per heavy atom. The topological polar surface area (TPSA) is 0 Å². The number of halogens is 1. The molecule has 0 saturated heterocycles. The lowest BCUT2D eigenvalue weighted by Gasteiger charge is -2.17. The van der Waals surface area contributed by atoms with Crippen LogP contribution in [0, 0.1) is 20.8 Å². The van der Waals surface area contributed by atoms with E-state index in [1.54, 1.807) is 0 Å². The van der Waals surface area contributed by atoms with Crippen LogP contribution < -0.4 is 0 Å². The van der Waals surface area contributed by atoms with Crippen molar-refractivity contribution in [1.82, 2.24) is 0 Å². The van der Waals surface area contributed by atoms with Crippen molar-refractivity contribution in [3.8, 4) is 0 Å². The first-order valence-electron chi connectivity index (χ1n) is 6.79. The van der Waals surface area contributed by atoms with Gasteiger partial charge in [-0.25, -0.2) is 0 Å². The fraction of sp³-hybridized carbons (Fsp3) is 0.333. The number of rotatable bonds is 4. The SMILES string of the molecule is Cc1ccc(CC(CCl)c2ccccc2C)cc1C. The third-order valence-corrected chi connectivity index (χ3v) is 4.24. The number of hydrogen-bond acceptors (Lipinski definition) is 0. The smallest absolute Gasteiger partial charge is 0.0295 e. The summed E-state index contributed by atoms with van der Waals surface area (Å²) < 4.78 is 0. The zero-order valence-electron chi connectivity index (χ0n) is 11.9. The van der Waals surface area contributed by atoms with Gasteiger partial charge in [0.1, 0.15) is 0 Å². The van der Waals surface area contributed by atoms with Crippen LogP contribution in [0.4, 0.5) is 0 Å². The second kappa shape index (κ2) is 6.25. The molecule has 100 valence electrons. The highest BCUT2D eigenvalue weighted by atomic mass is 35.5. The summed E-state index contributed by atoms with van der Waals surface area (Å²) >= 11 is 6.20. The summed E-state index contributed by atoms with van der Waals surface area (Å²) in [6.45, 7) is 6.48. The Morgan fingerprint density at radius 1 is 0.895 bits per heavy atom. The zero-order valence-corrected chi connectivity index (χ0v) is 12.7. The van der Waals surface area contributed by atoms with Crippen LogP contribution in [0.1, 0.15) is 33.7 Å². The average molecular weight is 273 g/mol. The highest BCUT2D eigenvalue weighted by molar-refractivity contribution is 6.18. The van der Waals surface area contributed by atoms with E-state index >= 15 is 0 Å². The van der Waals surface area contributed by atoms with Crippen LogP contribution in [0.15, 0.2) is 42.5 Å². The van der Waals surface area contributed by atoms with Crippen LogP contribution in [0.25, 0.3) is 0 Å². The normalized spacial score (nSPS) is 12.4. The molecule has 2 rings (SSSR count). The Morgan fingerprint density at radius 3 is 2.26 bits per heavy atom. The summed E-state index contributed by atoms with van der Waals surface area (Å²) in [5.41, 5.74) is 6.78. The molecule has 0 radical (unpaired) electrons. The third-order valence-electron chi connectivity index (χ3n) is 3.87. The van der Waals surface area contributed by atoms with Crippen molar-refractivity contribution in [3.63, 3.8) is 0 Å². The first-order chi connectivity index (χ1) is 9.11. The third kappa shape index (κ3) is 3.39. The molecule has 0 nitrogen and oxygen atoms in total. The molecule has 0 aliphatic rings. The second-order valence-corrected chi connectivity index (χ2v) is 5.64. The van der Waals surface area contributed by atoms with Gasteiger partial charge >= 0.3 is 0 Å². The van der Waals surface area contributed by atoms with E-state index in [1.807, 2.05) is 0 Å². The molecule has 0 spiro atoms. The Balaban J connectivity index is 2.24. The number of benzene rings is 2. The van der Waals surface area contributed by atoms with Crippen molar-refractivity contribution in [2.45, 2.75) is 33.1 Å². The molecule has 0 fully saturated rings. The van der Waals surface area contributed by atoms with E-state index in [9.17, 15) is 0 Å². The van der Waals surface area contributed by atoms with Gasteiger partial charge in [-0.2, -0.15) is 0 Å². The van der Waals surface area contributed by atoms with Crippen LogP contribution in [-0.4, -0.2) is 5.88 Å². The van der Waals surface area contributed by atoms with E-state index in [2.05, 4.69) is 63.2 Å². The van der Waals surface area contributed by atoms with Gasteiger partial charge in [0.15, 0.2) is 0 Å². The molecule has 0 N–H and O–H groups in total. The lowest BCUT2D eigenvalue weighted by Crippen LogP contribution is -2.07. The lowest BCUT2D eigenvalue weighted by molar-refractivity contribution is 0.759. The Bertz CT molecular complexity index is 557. The second-order valence-electron chi connectivity index (χ2n) is 5.33. The Labute approximate surface area is 121 Å². The highest BCUT2D eigenvalue weighted by Crippen LogP contribution is 2.26. The molecule has 1 unspecified atom stereocenters. The van der Waals surface area contributed by atoms with Gasteiger partial charge in [0, 0.05) is 11.8 Å². The maximum atomic E-state index is 6.20. The Kier molecular flexibility index (Phi) is 4.66. The predicted octanol–water partition coefficient (Wildman–Crippen LogP) is 5.18. The van der Waals surface area contributed by atoms with Crippen molar-refractivity contribution in [2.24, 2.45) is 0 Å². The minimum atomic E-state index is 0.393. The van der Waals surface area contributed by atoms with Crippen LogP contribution in [-0.2, 0) is 6.42 Å². The van der Waals surface area contributed by atoms with Crippen molar-refractivity contribution >= 4 is 11.6 Å². The summed E-state index contributed by atoms with van der Waals surface area (Å²) in [6, 6.07) is 15.3. The van der Waals surface area contributed by atoms with Gasteiger partial charge in [0.05, 0.1) is 0 Å². The van der Waals surface area contributed by atoms with E-state index in [0.29, 0.717) is 11.8 Å². The molecule has 0 heterocycles. The van der Waals surface area contributed by atoms with E-state index in [4.69, 9.17) is 11.6 Å². The van der Waals surface area contributed by atoms with E-state index in [0.717, 1.165) is 6.42 Å². The van der Waals surface area contributed by atoms with Gasteiger partial charge in [0.2, 0.25) is 0 Å². The fourth-order valence-electron chi connectivity index (χ4n) is 2.51. The van der Waals surface area contributed by atoms with Crippen molar-refractivity contribution in [1.29, 1.82) is 0 Å². The highest BCUT2D eigenvalue weighted by Gasteiger charge is 2.13. The van der Waals surface area contributed by atoms with Crippen LogP contribution >= 0.6 is 11.6 Å². The molecule has 0 saturated carbocycles. The minimum Gasteiger partial charge on any atom is -0.126 e. The zero-order chi connectivity index (χ0) is 13.8. The largest absolute Gasteiger partial charge is 0.126 e. The first-order valence-corrected chi connectivity index (χ1v) is 7.33. The standard InChI is InChI=1S/C18H21Cl/c1-13-8-9-16(10-15(13)3)11-17(12-19)18-7-5-4-6-14(18)2/h4-10,17H,11-12H2,1-3H3. The van der Waals surface area contributed by atoms with Gasteiger partial charge in [-0.15, -0.1) is 11.6 Å². The molecule has 0 aliphatic carbocycles. The summed E-state index contributed by atoms with van der Waals surface area (Å²) in [5.74, 6) is 1.06. The lowest BCUT2D eigenvalue weighted by atomic mass is 9.90. The van der Waals surface area contributed by atoms with Gasteiger partial charge in [-0.3, -0.25) is 0 Å². The van der Waals surface area contributed by atoms with Gasteiger partial charge < -0.3 is 0 Å². The first kappa shape index (κ1) is 14.1. The molecule has 0 bridgehead atoms. The summed E-state index contributed by atoms with van der Waals surface area (Å²) in [4.78, 5) is 0. The molecule has 19 heavy (non-hydrogen) atoms. The van der Waals surface area contributed by atoms with Crippen molar-refractivity contribution < 1.29 is 0 Å². The summed E-state index contributed by atoms with van der Waals surface area (Å²) in [5, 5.41) is 0. The summed E-state index contributed by atoms with van der Waals surface area (Å²) in [7, 11) is 0. The van der Waals surface area contributed by atoms with Crippen LogP contribution in [0.2, 0.25) is 0 Å². The predicted molar refractivity (Wildman–Crippen MR) is 84.3 cm³/mol. The quantitative estimate of drug-likeness (QED) is 0.673. The summed E-state index contributed by atoms with van der Waals surface area (Å²) in [6.07, 6.45) is 1.01. The van der Waals surface area contributed by atoms with E-state index in [-0.39, 0.29) is 0 Å². The molecule has 2 aromatic rings. The molecular weight excluding hydrogens is 252 g/mol. The maximum absolute atomic E-state index is 6.20. The number of alkyl halides is 1. The van der Waals surface area contributed by atoms with Crippen molar-refractivity contribution in [2.75, 3.05) is 5.88 Å². The molecule has 1 atom stereocenters. The monoisotopic (exact) mass is 272 g/mol. The average Bonchev–Trinajstić information content (AvgIpc) is 2.41. The van der Waals surface area contributed by atoms with Crippen LogP contribution in [0.5, 0.6) is 0 Å².